The van der Waals surface area contributed by atoms with Crippen LogP contribution in [0.2, 0.25) is 0 Å². The van der Waals surface area contributed by atoms with Gasteiger partial charge in [-0.1, -0.05) is 76.7 Å². The average Bonchev–Trinajstić information content (AvgIpc) is 2.91. The maximum Gasteiger partial charge on any atom is 0.169 e. The van der Waals surface area contributed by atoms with Crippen molar-refractivity contribution in [2.45, 2.75) is 109 Å². The number of anilines is 1. The molecule has 4 fully saturated rings. The predicted molar refractivity (Wildman–Crippen MR) is 159 cm³/mol. The summed E-state index contributed by atoms with van der Waals surface area (Å²) in [5, 5.41) is 0. The Hall–Kier alpha value is -1.61. The van der Waals surface area contributed by atoms with Gasteiger partial charge in [0.1, 0.15) is 0 Å². The molecule has 6 rings (SSSR count). The molecule has 2 nitrogen and oxygen atoms in total. The van der Waals surface area contributed by atoms with E-state index in [2.05, 4.69) is 84.3 Å². The molecule has 0 aliphatic heterocycles. The summed E-state index contributed by atoms with van der Waals surface area (Å²) in [6.07, 6.45) is 28.7. The van der Waals surface area contributed by atoms with E-state index >= 15 is 0 Å². The van der Waals surface area contributed by atoms with Crippen molar-refractivity contribution in [2.75, 3.05) is 18.0 Å². The molecule has 4 saturated carbocycles. The Kier molecular flexibility index (Phi) is 10.9. The highest BCUT2D eigenvalue weighted by atomic mass is 79.9. The summed E-state index contributed by atoms with van der Waals surface area (Å²) in [4.78, 5) is 2.62. The number of hydrogen-bond acceptors (Lipinski definition) is 1. The predicted octanol–water partition coefficient (Wildman–Crippen LogP) is 6.04. The first-order valence-electron chi connectivity index (χ1n) is 15.7. The highest BCUT2D eigenvalue weighted by Gasteiger charge is 2.56. The van der Waals surface area contributed by atoms with Crippen molar-refractivity contribution >= 4 is 17.8 Å². The van der Waals surface area contributed by atoms with E-state index in [0.29, 0.717) is 5.54 Å². The highest BCUT2D eigenvalue weighted by Crippen LogP contribution is 2.56. The molecule has 4 bridgehead atoms. The normalized spacial score (nSPS) is 25.6. The van der Waals surface area contributed by atoms with Crippen LogP contribution < -0.4 is 26.4 Å². The molecule has 3 heteroatoms. The lowest BCUT2D eigenvalue weighted by molar-refractivity contribution is -0.776. The maximum atomic E-state index is 2.62. The third-order valence-corrected chi connectivity index (χ3v) is 9.70. The number of halogens is 1. The van der Waals surface area contributed by atoms with Gasteiger partial charge in [0.2, 0.25) is 0 Å². The van der Waals surface area contributed by atoms with Gasteiger partial charge in [0.25, 0.3) is 0 Å². The maximum absolute atomic E-state index is 2.62. The van der Waals surface area contributed by atoms with Gasteiger partial charge in [-0.05, 0) is 73.1 Å². The summed E-state index contributed by atoms with van der Waals surface area (Å²) in [5.41, 5.74) is 4.41. The summed E-state index contributed by atoms with van der Waals surface area (Å²) in [5.74, 6) is 2.97. The Balaban J connectivity index is 0.00000336. The van der Waals surface area contributed by atoms with Crippen LogP contribution in [0.5, 0.6) is 0 Å². The molecule has 208 valence electrons. The van der Waals surface area contributed by atoms with E-state index in [1.807, 2.05) is 0 Å². The summed E-state index contributed by atoms with van der Waals surface area (Å²) >= 11 is 0. The van der Waals surface area contributed by atoms with Crippen molar-refractivity contribution in [3.8, 4) is 0 Å². The fraction of sp³-hybridized carbons (Fsp3) is 0.629. The lowest BCUT2D eigenvalue weighted by Crippen LogP contribution is -3.00. The molecule has 1 aromatic heterocycles. The molecule has 0 N–H and O–H groups in total. The van der Waals surface area contributed by atoms with Crippen molar-refractivity contribution in [1.29, 1.82) is 0 Å². The van der Waals surface area contributed by atoms with Gasteiger partial charge < -0.3 is 21.9 Å². The van der Waals surface area contributed by atoms with E-state index in [1.165, 1.54) is 120 Å². The summed E-state index contributed by atoms with van der Waals surface area (Å²) in [6.45, 7) is 6.97. The molecule has 2 aromatic rings. The molecule has 38 heavy (non-hydrogen) atoms. The zero-order valence-corrected chi connectivity index (χ0v) is 25.7. The fourth-order valence-electron chi connectivity index (χ4n) is 8.06. The molecule has 1 aromatic carbocycles. The Morgan fingerprint density at radius 3 is 1.63 bits per heavy atom. The SMILES string of the molecule is CCCCCCN(CCCCCC)c1ccc(/C=C/c2cc[n+](C34CC5CC(CC(C5)C3)C4)cc2)cc1.[Br-]. The lowest BCUT2D eigenvalue weighted by atomic mass is 9.53. The molecule has 0 amide bonds. The molecule has 0 saturated heterocycles. The molecule has 0 spiro atoms. The second-order valence-electron chi connectivity index (χ2n) is 12.7. The molecule has 0 radical (unpaired) electrons. The zero-order chi connectivity index (χ0) is 25.5. The van der Waals surface area contributed by atoms with Crippen molar-refractivity contribution in [1.82, 2.24) is 0 Å². The molecular weight excluding hydrogens is 528 g/mol. The first kappa shape index (κ1) is 29.4. The number of nitrogens with zero attached hydrogens (tertiary/aromatic N) is 2. The van der Waals surface area contributed by atoms with E-state index in [-0.39, 0.29) is 17.0 Å². The summed E-state index contributed by atoms with van der Waals surface area (Å²) in [6, 6.07) is 13.9. The molecule has 1 heterocycles. The Morgan fingerprint density at radius 2 is 1.16 bits per heavy atom. The van der Waals surface area contributed by atoms with Gasteiger partial charge in [0, 0.05) is 50.2 Å². The summed E-state index contributed by atoms with van der Waals surface area (Å²) in [7, 11) is 0. The number of pyridine rings is 1. The van der Waals surface area contributed by atoms with Crippen LogP contribution in [-0.4, -0.2) is 13.1 Å². The molecule has 0 unspecified atom stereocenters. The van der Waals surface area contributed by atoms with Gasteiger partial charge >= 0.3 is 0 Å². The Bertz CT molecular complexity index is 946. The smallest absolute Gasteiger partial charge is 0.169 e. The van der Waals surface area contributed by atoms with Crippen molar-refractivity contribution < 1.29 is 21.5 Å². The minimum atomic E-state index is 0. The monoisotopic (exact) mass is 578 g/mol. The Labute approximate surface area is 243 Å². The van der Waals surface area contributed by atoms with Gasteiger partial charge in [0.15, 0.2) is 17.9 Å². The molecule has 0 atom stereocenters. The second-order valence-corrected chi connectivity index (χ2v) is 12.7. The minimum Gasteiger partial charge on any atom is -1.00 e. The number of benzene rings is 1. The van der Waals surface area contributed by atoms with Crippen LogP contribution in [0.4, 0.5) is 5.69 Å². The molecule has 4 aliphatic carbocycles. The number of aromatic nitrogens is 1. The third kappa shape index (κ3) is 7.32. The van der Waals surface area contributed by atoms with Gasteiger partial charge in [-0.2, -0.15) is 4.57 Å². The first-order chi connectivity index (χ1) is 18.2. The van der Waals surface area contributed by atoms with Gasteiger partial charge in [0.05, 0.1) is 0 Å². The van der Waals surface area contributed by atoms with E-state index in [4.69, 9.17) is 0 Å². The summed E-state index contributed by atoms with van der Waals surface area (Å²) < 4.78 is 2.60. The Morgan fingerprint density at radius 1 is 0.684 bits per heavy atom. The van der Waals surface area contributed by atoms with Gasteiger partial charge in [-0.3, -0.25) is 0 Å². The standard InChI is InChI=1S/C35H51N2.BrH/c1-3-5-7-9-19-36(20-10-8-6-4-2)34-15-13-29(14-16-34)11-12-30-17-21-37(22-18-30)35-26-31-23-32(27-35)25-33(24-31)28-35;/h11-18,21-22,31-33H,3-10,19-20,23-28H2,1-2H3;1H/q+1;/p-1. The van der Waals surface area contributed by atoms with Crippen LogP contribution >= 0.6 is 0 Å². The molecular formula is C35H51BrN2. The highest BCUT2D eigenvalue weighted by molar-refractivity contribution is 5.70. The van der Waals surface area contributed by atoms with Crippen LogP contribution in [0.1, 0.15) is 115 Å². The largest absolute Gasteiger partial charge is 1.00 e. The van der Waals surface area contributed by atoms with Gasteiger partial charge in [-0.15, -0.1) is 0 Å². The fourth-order valence-corrected chi connectivity index (χ4v) is 8.06. The van der Waals surface area contributed by atoms with Crippen molar-refractivity contribution in [2.24, 2.45) is 17.8 Å². The first-order valence-corrected chi connectivity index (χ1v) is 15.7. The van der Waals surface area contributed by atoms with E-state index in [1.54, 1.807) is 0 Å². The average molecular weight is 580 g/mol. The van der Waals surface area contributed by atoms with Crippen LogP contribution in [0.25, 0.3) is 12.2 Å². The van der Waals surface area contributed by atoms with Crippen molar-refractivity contribution in [3.63, 3.8) is 0 Å². The van der Waals surface area contributed by atoms with E-state index < -0.39 is 0 Å². The second kappa shape index (κ2) is 14.1. The lowest BCUT2D eigenvalue weighted by Gasteiger charge is -2.53. The van der Waals surface area contributed by atoms with Crippen LogP contribution in [0.15, 0.2) is 48.8 Å². The van der Waals surface area contributed by atoms with Crippen LogP contribution in [0, 0.1) is 17.8 Å². The molecule has 4 aliphatic rings. The topological polar surface area (TPSA) is 7.12 Å². The quantitative estimate of drug-likeness (QED) is 0.196. The van der Waals surface area contributed by atoms with Crippen molar-refractivity contribution in [3.05, 3.63) is 59.9 Å². The van der Waals surface area contributed by atoms with Crippen LogP contribution in [-0.2, 0) is 5.54 Å². The van der Waals surface area contributed by atoms with Gasteiger partial charge in [-0.25, -0.2) is 0 Å². The number of unbranched alkanes of at least 4 members (excludes halogenated alkanes) is 6. The minimum absolute atomic E-state index is 0. The van der Waals surface area contributed by atoms with Crippen LogP contribution in [0.3, 0.4) is 0 Å². The van der Waals surface area contributed by atoms with E-state index in [9.17, 15) is 0 Å². The third-order valence-electron chi connectivity index (χ3n) is 9.70. The number of rotatable bonds is 14. The number of hydrogen-bond donors (Lipinski definition) is 0. The zero-order valence-electron chi connectivity index (χ0n) is 24.1. The van der Waals surface area contributed by atoms with E-state index in [0.717, 1.165) is 17.8 Å².